The summed E-state index contributed by atoms with van der Waals surface area (Å²) in [7, 11) is 0. The van der Waals surface area contributed by atoms with E-state index >= 15 is 0 Å². The van der Waals surface area contributed by atoms with Gasteiger partial charge in [0.15, 0.2) is 0 Å². The van der Waals surface area contributed by atoms with E-state index in [0.717, 1.165) is 22.2 Å². The molecule has 0 saturated carbocycles. The van der Waals surface area contributed by atoms with Crippen LogP contribution in [0.1, 0.15) is 44.5 Å². The third-order valence-electron chi connectivity index (χ3n) is 5.83. The number of hydrogen-bond donors (Lipinski definition) is 0. The molecule has 0 nitrogen and oxygen atoms in total. The van der Waals surface area contributed by atoms with Crippen LogP contribution in [-0.2, 0) is 0 Å². The number of hydrogen-bond acceptors (Lipinski definition) is 3. The predicted octanol–water partition coefficient (Wildman–Crippen LogP) is 9.28. The van der Waals surface area contributed by atoms with Crippen molar-refractivity contribution in [2.24, 2.45) is 0 Å². The van der Waals surface area contributed by atoms with Gasteiger partial charge < -0.3 is 0 Å². The lowest BCUT2D eigenvalue weighted by Crippen LogP contribution is -2.02. The smallest absolute Gasteiger partial charge is 0.0187 e. The molecule has 2 aromatic rings. The summed E-state index contributed by atoms with van der Waals surface area (Å²) in [5.74, 6) is 2.22. The average molecular weight is 577 g/mol. The molecule has 0 aliphatic rings. The van der Waals surface area contributed by atoms with Gasteiger partial charge in [-0.25, -0.2) is 0 Å². The molecule has 0 N–H and O–H groups in total. The van der Waals surface area contributed by atoms with Crippen LogP contribution in [0.3, 0.4) is 0 Å². The first-order chi connectivity index (χ1) is 13.7. The Kier molecular flexibility index (Phi) is 10.1. The maximum Gasteiger partial charge on any atom is 0.0187 e. The minimum absolute atomic E-state index is 1.03. The number of benzene rings is 2. The molecular weight excluding hydrogens is 544 g/mol. The van der Waals surface area contributed by atoms with Crippen molar-refractivity contribution < 1.29 is 0 Å². The van der Waals surface area contributed by atoms with Crippen molar-refractivity contribution in [1.29, 1.82) is 0 Å². The van der Waals surface area contributed by atoms with Gasteiger partial charge in [-0.15, -0.1) is 23.5 Å². The van der Waals surface area contributed by atoms with Gasteiger partial charge in [0, 0.05) is 41.7 Å². The van der Waals surface area contributed by atoms with E-state index in [0.29, 0.717) is 0 Å². The molecule has 160 valence electrons. The van der Waals surface area contributed by atoms with Crippen molar-refractivity contribution in [2.75, 3.05) is 22.2 Å². The molecule has 0 aliphatic heterocycles. The van der Waals surface area contributed by atoms with E-state index in [-0.39, 0.29) is 0 Å². The van der Waals surface area contributed by atoms with Crippen molar-refractivity contribution in [2.45, 2.75) is 75.0 Å². The zero-order valence-electron chi connectivity index (χ0n) is 18.8. The number of rotatable bonds is 8. The van der Waals surface area contributed by atoms with Crippen molar-refractivity contribution in [3.05, 3.63) is 44.5 Å². The summed E-state index contributed by atoms with van der Waals surface area (Å²) in [6, 6.07) is 0. The first kappa shape index (κ1) is 25.7. The van der Waals surface area contributed by atoms with E-state index in [4.69, 9.17) is 0 Å². The van der Waals surface area contributed by atoms with Crippen LogP contribution in [-0.4, -0.2) is 22.2 Å². The second kappa shape index (κ2) is 11.4. The Morgan fingerprint density at radius 1 is 0.448 bits per heavy atom. The normalized spacial score (nSPS) is 11.4. The quantitative estimate of drug-likeness (QED) is 0.227. The third kappa shape index (κ3) is 5.45. The minimum atomic E-state index is 1.03. The van der Waals surface area contributed by atoms with Crippen LogP contribution in [0.4, 0.5) is 0 Å². The van der Waals surface area contributed by atoms with Crippen molar-refractivity contribution in [1.82, 2.24) is 0 Å². The van der Waals surface area contributed by atoms with Crippen molar-refractivity contribution >= 4 is 67.1 Å². The maximum atomic E-state index is 3.57. The van der Waals surface area contributed by atoms with E-state index in [2.05, 4.69) is 87.2 Å². The molecule has 0 bridgehead atoms. The number of thioether (sulfide) groups is 2. The van der Waals surface area contributed by atoms with Gasteiger partial charge in [0.2, 0.25) is 0 Å². The molecule has 0 saturated heterocycles. The third-order valence-corrected chi connectivity index (χ3v) is 11.9. The summed E-state index contributed by atoms with van der Waals surface area (Å²) in [6.45, 7) is 18.4. The Balaban J connectivity index is 2.58. The van der Waals surface area contributed by atoms with Gasteiger partial charge in [-0.3, -0.25) is 0 Å². The molecule has 0 unspecified atom stereocenters. The predicted molar refractivity (Wildman–Crippen MR) is 144 cm³/mol. The van der Waals surface area contributed by atoms with E-state index in [9.17, 15) is 0 Å². The van der Waals surface area contributed by atoms with Crippen molar-refractivity contribution in [3.63, 3.8) is 0 Å². The first-order valence-corrected chi connectivity index (χ1v) is 15.0. The van der Waals surface area contributed by atoms with Gasteiger partial charge >= 0.3 is 0 Å². The maximum absolute atomic E-state index is 3.57. The molecule has 2 rings (SSSR count). The zero-order valence-corrected chi connectivity index (χ0v) is 24.4. The summed E-state index contributed by atoms with van der Waals surface area (Å²) < 4.78 is 0. The van der Waals surface area contributed by atoms with Gasteiger partial charge in [0.25, 0.3) is 0 Å². The van der Waals surface area contributed by atoms with Crippen LogP contribution < -0.4 is 0 Å². The lowest BCUT2D eigenvalue weighted by Gasteiger charge is -2.23. The minimum Gasteiger partial charge on any atom is -0.125 e. The lowest BCUT2D eigenvalue weighted by atomic mass is 10.0. The van der Waals surface area contributed by atoms with Crippen LogP contribution in [0.15, 0.2) is 19.6 Å². The molecule has 5 heteroatoms. The van der Waals surface area contributed by atoms with Gasteiger partial charge in [-0.1, -0.05) is 43.6 Å². The molecule has 0 spiro atoms. The lowest BCUT2D eigenvalue weighted by molar-refractivity contribution is 1.04. The summed E-state index contributed by atoms with van der Waals surface area (Å²) in [5, 5.41) is 2.06. The fraction of sp³-hybridized carbons (Fsp3) is 0.500. The number of halogens is 2. The van der Waals surface area contributed by atoms with E-state index in [1.165, 1.54) is 64.1 Å². The van der Waals surface area contributed by atoms with Crippen LogP contribution in [0.5, 0.6) is 0 Å². The zero-order chi connectivity index (χ0) is 21.9. The standard InChI is InChI=1S/C24H32Br2S3/c1-13-17(5)23(18(6)14(2)21(13)27-11-9-25)29-24-19(7)15(3)22(28-12-10-26)16(4)20(24)8/h9-12H2,1-8H3. The molecule has 2 aromatic carbocycles. The molecule has 0 fully saturated rings. The van der Waals surface area contributed by atoms with E-state index in [1.54, 1.807) is 0 Å². The number of alkyl halides is 2. The molecule has 0 amide bonds. The Bertz CT molecular complexity index is 772. The highest BCUT2D eigenvalue weighted by atomic mass is 79.9. The molecule has 0 heterocycles. The highest BCUT2D eigenvalue weighted by Crippen LogP contribution is 2.45. The summed E-state index contributed by atoms with van der Waals surface area (Å²) in [6.07, 6.45) is 0. The molecule has 0 atom stereocenters. The largest absolute Gasteiger partial charge is 0.125 e. The second-order valence-electron chi connectivity index (χ2n) is 7.49. The Morgan fingerprint density at radius 3 is 0.931 bits per heavy atom. The fourth-order valence-corrected chi connectivity index (χ4v) is 8.05. The topological polar surface area (TPSA) is 0 Å². The van der Waals surface area contributed by atoms with E-state index < -0.39 is 0 Å². The molecule has 0 radical (unpaired) electrons. The van der Waals surface area contributed by atoms with Gasteiger partial charge in [0.1, 0.15) is 0 Å². The second-order valence-corrected chi connectivity index (χ2v) is 12.3. The van der Waals surface area contributed by atoms with Gasteiger partial charge in [-0.05, 0) is 99.9 Å². The molecule has 29 heavy (non-hydrogen) atoms. The summed E-state index contributed by atoms with van der Waals surface area (Å²) in [5.41, 5.74) is 11.5. The van der Waals surface area contributed by atoms with Crippen LogP contribution in [0.25, 0.3) is 0 Å². The van der Waals surface area contributed by atoms with Crippen LogP contribution >= 0.6 is 67.1 Å². The molecule has 0 aliphatic carbocycles. The Labute approximate surface area is 207 Å². The van der Waals surface area contributed by atoms with Crippen LogP contribution in [0, 0.1) is 55.4 Å². The Morgan fingerprint density at radius 2 is 0.690 bits per heavy atom. The molecular formula is C24H32Br2S3. The summed E-state index contributed by atoms with van der Waals surface area (Å²) in [4.78, 5) is 5.81. The van der Waals surface area contributed by atoms with Crippen LogP contribution in [0.2, 0.25) is 0 Å². The fourth-order valence-electron chi connectivity index (χ4n) is 3.61. The highest BCUT2D eigenvalue weighted by molar-refractivity contribution is 9.09. The monoisotopic (exact) mass is 574 g/mol. The first-order valence-electron chi connectivity index (χ1n) is 9.93. The van der Waals surface area contributed by atoms with E-state index in [1.807, 2.05) is 35.3 Å². The van der Waals surface area contributed by atoms with Gasteiger partial charge in [-0.2, -0.15) is 0 Å². The highest BCUT2D eigenvalue weighted by Gasteiger charge is 2.20. The molecule has 0 aromatic heterocycles. The Hall–Kier alpha value is 0.450. The SMILES string of the molecule is Cc1c(C)c(Sc2c(C)c(C)c(SCCBr)c(C)c2C)c(C)c(C)c1SCCBr. The summed E-state index contributed by atoms with van der Waals surface area (Å²) >= 11 is 13.1. The van der Waals surface area contributed by atoms with Gasteiger partial charge in [0.05, 0.1) is 0 Å². The van der Waals surface area contributed by atoms with Crippen molar-refractivity contribution in [3.8, 4) is 0 Å². The average Bonchev–Trinajstić information content (AvgIpc) is 2.70.